The lowest BCUT2D eigenvalue weighted by Gasteiger charge is -2.28. The van der Waals surface area contributed by atoms with Crippen molar-refractivity contribution < 1.29 is 5.11 Å². The molecule has 0 fully saturated rings. The predicted octanol–water partition coefficient (Wildman–Crippen LogP) is 1.97. The van der Waals surface area contributed by atoms with Crippen LogP contribution in [0.1, 0.15) is 33.4 Å². The van der Waals surface area contributed by atoms with Gasteiger partial charge in [0, 0.05) is 42.4 Å². The third-order valence-electron chi connectivity index (χ3n) is 2.96. The molecule has 0 bridgehead atoms. The quantitative estimate of drug-likeness (QED) is 0.793. The highest BCUT2D eigenvalue weighted by molar-refractivity contribution is 5.14. The Balaban J connectivity index is 2.51. The molecular formula is C14H24N2O. The number of hydrogen-bond donors (Lipinski definition) is 2. The molecule has 3 heteroatoms. The van der Waals surface area contributed by atoms with Crippen LogP contribution in [-0.2, 0) is 5.41 Å². The molecule has 1 heterocycles. The molecule has 96 valence electrons. The van der Waals surface area contributed by atoms with Gasteiger partial charge in [0.15, 0.2) is 0 Å². The minimum atomic E-state index is -0.0692. The fourth-order valence-corrected chi connectivity index (χ4v) is 1.62. The Bertz CT molecular complexity index is 333. The summed E-state index contributed by atoms with van der Waals surface area (Å²) in [6, 6.07) is 6.00. The second-order valence-corrected chi connectivity index (χ2v) is 6.02. The third-order valence-corrected chi connectivity index (χ3v) is 2.96. The highest BCUT2D eigenvalue weighted by Crippen LogP contribution is 2.20. The van der Waals surface area contributed by atoms with Crippen LogP contribution < -0.4 is 5.32 Å². The standard InChI is InChI=1S/C14H24N2O/c1-13(2,11-17)9-15-10-14(3,4)12-7-5-6-8-16-12/h5-8,15,17H,9-11H2,1-4H3. The van der Waals surface area contributed by atoms with Crippen LogP contribution in [0, 0.1) is 5.41 Å². The first-order chi connectivity index (χ1) is 7.87. The molecule has 0 aliphatic carbocycles. The highest BCUT2D eigenvalue weighted by atomic mass is 16.3. The zero-order valence-electron chi connectivity index (χ0n) is 11.3. The molecule has 0 amide bonds. The first-order valence-corrected chi connectivity index (χ1v) is 6.10. The van der Waals surface area contributed by atoms with E-state index in [0.717, 1.165) is 18.8 Å². The maximum atomic E-state index is 9.19. The number of aliphatic hydroxyl groups is 1. The summed E-state index contributed by atoms with van der Waals surface area (Å²) in [5.74, 6) is 0. The zero-order valence-corrected chi connectivity index (χ0v) is 11.3. The molecule has 1 rings (SSSR count). The molecule has 3 nitrogen and oxygen atoms in total. The van der Waals surface area contributed by atoms with Gasteiger partial charge >= 0.3 is 0 Å². The Morgan fingerprint density at radius 1 is 1.18 bits per heavy atom. The van der Waals surface area contributed by atoms with Crippen LogP contribution >= 0.6 is 0 Å². The van der Waals surface area contributed by atoms with Gasteiger partial charge in [0.05, 0.1) is 0 Å². The van der Waals surface area contributed by atoms with Gasteiger partial charge in [-0.25, -0.2) is 0 Å². The number of hydrogen-bond acceptors (Lipinski definition) is 3. The van der Waals surface area contributed by atoms with E-state index in [2.05, 4.69) is 30.2 Å². The number of pyridine rings is 1. The Hall–Kier alpha value is -0.930. The van der Waals surface area contributed by atoms with E-state index < -0.39 is 0 Å². The van der Waals surface area contributed by atoms with Crippen molar-refractivity contribution in [1.29, 1.82) is 0 Å². The van der Waals surface area contributed by atoms with Crippen molar-refractivity contribution in [1.82, 2.24) is 10.3 Å². The second kappa shape index (κ2) is 5.61. The van der Waals surface area contributed by atoms with Crippen LogP contribution in [0.4, 0.5) is 0 Å². The molecule has 0 saturated heterocycles. The molecule has 1 aromatic heterocycles. The molecule has 1 aromatic rings. The molecule has 2 N–H and O–H groups in total. The topological polar surface area (TPSA) is 45.1 Å². The van der Waals surface area contributed by atoms with Crippen LogP contribution in [0.15, 0.2) is 24.4 Å². The van der Waals surface area contributed by atoms with E-state index in [1.54, 1.807) is 0 Å². The SMILES string of the molecule is CC(C)(CO)CNCC(C)(C)c1ccccn1. The van der Waals surface area contributed by atoms with Gasteiger partial charge in [0.2, 0.25) is 0 Å². The third kappa shape index (κ3) is 4.44. The lowest BCUT2D eigenvalue weighted by molar-refractivity contribution is 0.155. The Morgan fingerprint density at radius 3 is 2.41 bits per heavy atom. The van der Waals surface area contributed by atoms with Crippen molar-refractivity contribution in [2.45, 2.75) is 33.1 Å². The zero-order chi connectivity index (χ0) is 12.9. The van der Waals surface area contributed by atoms with Gasteiger partial charge in [0.1, 0.15) is 0 Å². The first kappa shape index (κ1) is 14.1. The smallest absolute Gasteiger partial charge is 0.0494 e. The summed E-state index contributed by atoms with van der Waals surface area (Å²) < 4.78 is 0. The molecule has 0 aromatic carbocycles. The number of nitrogens with one attached hydrogen (secondary N) is 1. The predicted molar refractivity (Wildman–Crippen MR) is 71.0 cm³/mol. The fraction of sp³-hybridized carbons (Fsp3) is 0.643. The molecule has 0 atom stereocenters. The van der Waals surface area contributed by atoms with Crippen molar-refractivity contribution in [3.05, 3.63) is 30.1 Å². The van der Waals surface area contributed by atoms with E-state index in [1.165, 1.54) is 0 Å². The van der Waals surface area contributed by atoms with Crippen LogP contribution in [0.5, 0.6) is 0 Å². The molecule has 0 aliphatic rings. The van der Waals surface area contributed by atoms with E-state index >= 15 is 0 Å². The highest BCUT2D eigenvalue weighted by Gasteiger charge is 2.23. The molecule has 0 spiro atoms. The van der Waals surface area contributed by atoms with Crippen LogP contribution in [0.25, 0.3) is 0 Å². The molecule has 0 aliphatic heterocycles. The molecule has 0 saturated carbocycles. The molecular weight excluding hydrogens is 212 g/mol. The minimum absolute atomic E-state index is 0.00674. The van der Waals surface area contributed by atoms with Crippen molar-refractivity contribution in [2.24, 2.45) is 5.41 Å². The summed E-state index contributed by atoms with van der Waals surface area (Å²) >= 11 is 0. The monoisotopic (exact) mass is 236 g/mol. The lowest BCUT2D eigenvalue weighted by Crippen LogP contribution is -2.39. The average molecular weight is 236 g/mol. The van der Waals surface area contributed by atoms with E-state index in [9.17, 15) is 5.11 Å². The van der Waals surface area contributed by atoms with Crippen molar-refractivity contribution in [3.63, 3.8) is 0 Å². The van der Waals surface area contributed by atoms with Gasteiger partial charge < -0.3 is 10.4 Å². The van der Waals surface area contributed by atoms with E-state index in [4.69, 9.17) is 0 Å². The summed E-state index contributed by atoms with van der Waals surface area (Å²) in [6.07, 6.45) is 1.83. The summed E-state index contributed by atoms with van der Waals surface area (Å²) in [6.45, 7) is 10.3. The number of aromatic nitrogens is 1. The lowest BCUT2D eigenvalue weighted by atomic mass is 9.87. The van der Waals surface area contributed by atoms with Crippen LogP contribution in [0.3, 0.4) is 0 Å². The number of nitrogens with zero attached hydrogens (tertiary/aromatic N) is 1. The normalized spacial score (nSPS) is 12.8. The van der Waals surface area contributed by atoms with E-state index in [0.29, 0.717) is 0 Å². The molecule has 0 radical (unpaired) electrons. The second-order valence-electron chi connectivity index (χ2n) is 6.02. The van der Waals surface area contributed by atoms with Gasteiger partial charge in [0.25, 0.3) is 0 Å². The summed E-state index contributed by atoms with van der Waals surface area (Å²) in [4.78, 5) is 4.40. The molecule has 17 heavy (non-hydrogen) atoms. The Kier molecular flexibility index (Phi) is 4.66. The van der Waals surface area contributed by atoms with Gasteiger partial charge in [-0.1, -0.05) is 33.8 Å². The Morgan fingerprint density at radius 2 is 1.88 bits per heavy atom. The van der Waals surface area contributed by atoms with Gasteiger partial charge in [-0.15, -0.1) is 0 Å². The van der Waals surface area contributed by atoms with Gasteiger partial charge in [-0.05, 0) is 12.1 Å². The number of rotatable bonds is 6. The largest absolute Gasteiger partial charge is 0.396 e. The summed E-state index contributed by atoms with van der Waals surface area (Å²) in [5, 5.41) is 12.6. The van der Waals surface area contributed by atoms with Gasteiger partial charge in [-0.2, -0.15) is 0 Å². The Labute approximate surface area is 104 Å². The van der Waals surface area contributed by atoms with Crippen molar-refractivity contribution in [2.75, 3.05) is 19.7 Å². The van der Waals surface area contributed by atoms with E-state index in [1.807, 2.05) is 32.2 Å². The van der Waals surface area contributed by atoms with Crippen LogP contribution in [0.2, 0.25) is 0 Å². The number of aliphatic hydroxyl groups excluding tert-OH is 1. The maximum absolute atomic E-state index is 9.19. The fourth-order valence-electron chi connectivity index (χ4n) is 1.62. The van der Waals surface area contributed by atoms with Crippen molar-refractivity contribution in [3.8, 4) is 0 Å². The maximum Gasteiger partial charge on any atom is 0.0494 e. The van der Waals surface area contributed by atoms with Crippen LogP contribution in [-0.4, -0.2) is 29.8 Å². The van der Waals surface area contributed by atoms with Crippen molar-refractivity contribution >= 4 is 0 Å². The van der Waals surface area contributed by atoms with Gasteiger partial charge in [-0.3, -0.25) is 4.98 Å². The first-order valence-electron chi connectivity index (χ1n) is 6.10. The minimum Gasteiger partial charge on any atom is -0.396 e. The molecule has 0 unspecified atom stereocenters. The summed E-state index contributed by atoms with van der Waals surface area (Å²) in [5.41, 5.74) is 1.03. The summed E-state index contributed by atoms with van der Waals surface area (Å²) in [7, 11) is 0. The average Bonchev–Trinajstić information content (AvgIpc) is 2.30. The van der Waals surface area contributed by atoms with E-state index in [-0.39, 0.29) is 17.4 Å².